The summed E-state index contributed by atoms with van der Waals surface area (Å²) >= 11 is 0. The number of hydrogen-bond acceptors (Lipinski definition) is 6. The summed E-state index contributed by atoms with van der Waals surface area (Å²) in [7, 11) is 1.61. The number of anilines is 1. The molecule has 3 N–H and O–H groups in total. The number of ether oxygens (including phenoxy) is 1. The molecule has 0 radical (unpaired) electrons. The van der Waals surface area contributed by atoms with E-state index in [2.05, 4.69) is 10.4 Å². The predicted octanol–water partition coefficient (Wildman–Crippen LogP) is 3.99. The van der Waals surface area contributed by atoms with E-state index in [-0.39, 0.29) is 17.3 Å². The lowest BCUT2D eigenvalue weighted by Crippen LogP contribution is -2.23. The van der Waals surface area contributed by atoms with Crippen LogP contribution in [0.3, 0.4) is 0 Å². The first-order chi connectivity index (χ1) is 16.6. The van der Waals surface area contributed by atoms with Crippen molar-refractivity contribution in [3.8, 4) is 5.75 Å². The minimum Gasteiger partial charge on any atom is -0.497 e. The third-order valence-corrected chi connectivity index (χ3v) is 5.43. The molecule has 0 aliphatic rings. The van der Waals surface area contributed by atoms with Crippen molar-refractivity contribution in [3.63, 3.8) is 0 Å². The number of carbonyl (C=O) groups excluding carboxylic acids is 1. The molecule has 0 aliphatic heterocycles. The third-order valence-electron chi connectivity index (χ3n) is 5.43. The Morgan fingerprint density at radius 1 is 1.00 bits per heavy atom. The first kappa shape index (κ1) is 21.1. The van der Waals surface area contributed by atoms with Gasteiger partial charge >= 0.3 is 0 Å². The number of nitrogens with zero attached hydrogens (tertiary/aromatic N) is 4. The van der Waals surface area contributed by atoms with Gasteiger partial charge in [0.25, 0.3) is 5.91 Å². The Hall–Kier alpha value is -4.72. The van der Waals surface area contributed by atoms with Crippen LogP contribution in [0.25, 0.3) is 22.2 Å². The van der Waals surface area contributed by atoms with E-state index in [4.69, 9.17) is 20.4 Å². The first-order valence-electron chi connectivity index (χ1n) is 10.7. The van der Waals surface area contributed by atoms with Crippen molar-refractivity contribution < 1.29 is 9.53 Å². The monoisotopic (exact) mass is 450 g/mol. The number of rotatable bonds is 6. The fraction of sp³-hybridized carbons (Fsp3) is 0.0769. The summed E-state index contributed by atoms with van der Waals surface area (Å²) in [4.78, 5) is 22.7. The minimum atomic E-state index is -0.350. The summed E-state index contributed by atoms with van der Waals surface area (Å²) in [6.45, 7) is 0.323. The Bertz CT molecular complexity index is 1510. The highest BCUT2D eigenvalue weighted by Gasteiger charge is 2.24. The molecule has 0 saturated carbocycles. The molecular formula is C26H22N6O2. The van der Waals surface area contributed by atoms with Gasteiger partial charge in [0.05, 0.1) is 24.4 Å². The van der Waals surface area contributed by atoms with Gasteiger partial charge in [0.2, 0.25) is 0 Å². The predicted molar refractivity (Wildman–Crippen MR) is 133 cm³/mol. The molecule has 0 fully saturated rings. The smallest absolute Gasteiger partial charge is 0.257 e. The molecular weight excluding hydrogens is 428 g/mol. The second-order valence-electron chi connectivity index (χ2n) is 7.64. The maximum atomic E-state index is 13.3. The number of para-hydroxylation sites is 2. The van der Waals surface area contributed by atoms with Gasteiger partial charge in [-0.25, -0.2) is 9.97 Å². The van der Waals surface area contributed by atoms with Gasteiger partial charge in [-0.05, 0) is 35.4 Å². The van der Waals surface area contributed by atoms with Crippen LogP contribution in [0.1, 0.15) is 21.5 Å². The first-order valence-corrected chi connectivity index (χ1v) is 10.7. The van der Waals surface area contributed by atoms with Crippen molar-refractivity contribution >= 4 is 40.1 Å². The lowest BCUT2D eigenvalue weighted by Gasteiger charge is -2.06. The zero-order chi connectivity index (χ0) is 23.5. The second-order valence-corrected chi connectivity index (χ2v) is 7.64. The number of fused-ring (bicyclic) bond motifs is 2. The van der Waals surface area contributed by atoms with Crippen molar-refractivity contribution in [1.82, 2.24) is 20.0 Å². The van der Waals surface area contributed by atoms with Crippen LogP contribution in [-0.4, -0.2) is 33.9 Å². The number of benzene rings is 3. The molecule has 34 heavy (non-hydrogen) atoms. The third kappa shape index (κ3) is 4.04. The zero-order valence-electron chi connectivity index (χ0n) is 18.5. The Balaban J connectivity index is 1.55. The highest BCUT2D eigenvalue weighted by atomic mass is 16.5. The maximum Gasteiger partial charge on any atom is 0.257 e. The molecule has 0 unspecified atom stereocenters. The number of methoxy groups -OCH3 is 1. The number of nitrogens with two attached hydrogens (primary N) is 1. The molecule has 2 heterocycles. The van der Waals surface area contributed by atoms with Crippen LogP contribution in [0, 0.1) is 0 Å². The Kier molecular flexibility index (Phi) is 5.61. The molecule has 5 rings (SSSR count). The van der Waals surface area contributed by atoms with Crippen LogP contribution in [0.5, 0.6) is 5.75 Å². The van der Waals surface area contributed by atoms with Crippen LogP contribution in [-0.2, 0) is 6.54 Å². The van der Waals surface area contributed by atoms with Crippen molar-refractivity contribution in [1.29, 1.82) is 0 Å². The van der Waals surface area contributed by atoms with E-state index in [9.17, 15) is 4.79 Å². The average Bonchev–Trinajstić information content (AvgIpc) is 3.15. The standard InChI is InChI=1S/C26H22N6O2/c1-34-19-13-11-18(12-14-19)15-28-26(33)22-23-25(31-21-10-6-5-9-20(21)30-23)32(24(22)27)29-16-17-7-3-2-4-8-17/h2-14,16H,15,27H2,1H3,(H,28,33). The van der Waals surface area contributed by atoms with Crippen LogP contribution in [0.15, 0.2) is 84.0 Å². The van der Waals surface area contributed by atoms with Gasteiger partial charge in [0.1, 0.15) is 22.6 Å². The Morgan fingerprint density at radius 3 is 2.38 bits per heavy atom. The van der Waals surface area contributed by atoms with Gasteiger partial charge in [-0.15, -0.1) is 0 Å². The number of aromatic nitrogens is 3. The zero-order valence-corrected chi connectivity index (χ0v) is 18.5. The molecule has 0 aliphatic carbocycles. The maximum absolute atomic E-state index is 13.3. The fourth-order valence-corrected chi connectivity index (χ4v) is 3.67. The molecule has 0 spiro atoms. The van der Waals surface area contributed by atoms with E-state index in [0.29, 0.717) is 28.7 Å². The van der Waals surface area contributed by atoms with E-state index in [1.807, 2.05) is 78.9 Å². The SMILES string of the molecule is COc1ccc(CNC(=O)c2c(N)n(N=Cc3ccccc3)c3nc4ccccc4nc23)cc1. The van der Waals surface area contributed by atoms with E-state index < -0.39 is 0 Å². The molecule has 0 atom stereocenters. The number of nitrogens with one attached hydrogen (secondary N) is 1. The molecule has 8 nitrogen and oxygen atoms in total. The van der Waals surface area contributed by atoms with E-state index in [1.165, 1.54) is 4.68 Å². The molecule has 1 amide bonds. The summed E-state index contributed by atoms with van der Waals surface area (Å²) in [5, 5.41) is 7.45. The molecule has 8 heteroatoms. The normalized spacial score (nSPS) is 11.3. The number of carbonyl (C=O) groups is 1. The van der Waals surface area contributed by atoms with E-state index in [0.717, 1.165) is 16.9 Å². The van der Waals surface area contributed by atoms with Gasteiger partial charge in [-0.3, -0.25) is 4.79 Å². The van der Waals surface area contributed by atoms with Crippen LogP contribution < -0.4 is 15.8 Å². The lowest BCUT2D eigenvalue weighted by atomic mass is 10.2. The largest absolute Gasteiger partial charge is 0.497 e. The number of amides is 1. The van der Waals surface area contributed by atoms with Crippen LogP contribution in [0.4, 0.5) is 5.82 Å². The number of hydrogen-bond donors (Lipinski definition) is 2. The average molecular weight is 451 g/mol. The molecule has 168 valence electrons. The van der Waals surface area contributed by atoms with Crippen molar-refractivity contribution in [2.24, 2.45) is 5.10 Å². The van der Waals surface area contributed by atoms with Crippen LogP contribution >= 0.6 is 0 Å². The fourth-order valence-electron chi connectivity index (χ4n) is 3.67. The topological polar surface area (TPSA) is 107 Å². The highest BCUT2D eigenvalue weighted by Crippen LogP contribution is 2.28. The van der Waals surface area contributed by atoms with Crippen molar-refractivity contribution in [3.05, 3.63) is 95.6 Å². The van der Waals surface area contributed by atoms with Crippen LogP contribution in [0.2, 0.25) is 0 Å². The van der Waals surface area contributed by atoms with Gasteiger partial charge in [0.15, 0.2) is 5.65 Å². The summed E-state index contributed by atoms with van der Waals surface area (Å²) in [5.74, 6) is 0.571. The van der Waals surface area contributed by atoms with E-state index >= 15 is 0 Å². The molecule has 0 saturated heterocycles. The highest BCUT2D eigenvalue weighted by molar-refractivity contribution is 6.10. The van der Waals surface area contributed by atoms with Gasteiger partial charge in [-0.2, -0.15) is 9.78 Å². The van der Waals surface area contributed by atoms with E-state index in [1.54, 1.807) is 13.3 Å². The quantitative estimate of drug-likeness (QED) is 0.381. The Morgan fingerprint density at radius 2 is 1.68 bits per heavy atom. The Labute approximate surface area is 195 Å². The summed E-state index contributed by atoms with van der Waals surface area (Å²) in [6.07, 6.45) is 1.67. The molecule has 5 aromatic rings. The summed E-state index contributed by atoms with van der Waals surface area (Å²) in [6, 6.07) is 24.6. The molecule has 0 bridgehead atoms. The lowest BCUT2D eigenvalue weighted by molar-refractivity contribution is 0.0953. The second kappa shape index (κ2) is 9.03. The number of nitrogen functional groups attached to an aromatic ring is 1. The van der Waals surface area contributed by atoms with Gasteiger partial charge in [0, 0.05) is 6.54 Å². The molecule has 2 aromatic heterocycles. The summed E-state index contributed by atoms with van der Waals surface area (Å²) in [5.41, 5.74) is 10.7. The summed E-state index contributed by atoms with van der Waals surface area (Å²) < 4.78 is 6.65. The van der Waals surface area contributed by atoms with Crippen molar-refractivity contribution in [2.45, 2.75) is 6.54 Å². The minimum absolute atomic E-state index is 0.171. The van der Waals surface area contributed by atoms with Crippen molar-refractivity contribution in [2.75, 3.05) is 12.8 Å². The van der Waals surface area contributed by atoms with Gasteiger partial charge < -0.3 is 15.8 Å². The van der Waals surface area contributed by atoms with Gasteiger partial charge in [-0.1, -0.05) is 54.6 Å². The molecule has 3 aromatic carbocycles.